The average Bonchev–Trinajstić information content (AvgIpc) is 2.50. The van der Waals surface area contributed by atoms with E-state index in [9.17, 15) is 4.79 Å². The van der Waals surface area contributed by atoms with Crippen molar-refractivity contribution in [3.05, 3.63) is 34.9 Å². The number of aryl methyl sites for hydroxylation is 1. The van der Waals surface area contributed by atoms with Gasteiger partial charge in [0.25, 0.3) is 0 Å². The fourth-order valence-electron chi connectivity index (χ4n) is 2.92. The molecule has 2 rings (SSSR count). The molecule has 1 aromatic carbocycles. The first-order chi connectivity index (χ1) is 10.0. The molecule has 1 fully saturated rings. The van der Waals surface area contributed by atoms with Crippen LogP contribution in [0.2, 0.25) is 0 Å². The van der Waals surface area contributed by atoms with E-state index in [1.807, 2.05) is 13.0 Å². The van der Waals surface area contributed by atoms with Crippen molar-refractivity contribution in [3.63, 3.8) is 0 Å². The zero-order valence-electron chi connectivity index (χ0n) is 13.6. The Hall–Kier alpha value is -1.10. The number of amides is 1. The van der Waals surface area contributed by atoms with E-state index in [-0.39, 0.29) is 30.3 Å². The second kappa shape index (κ2) is 8.51. The monoisotopic (exact) mass is 326 g/mol. The summed E-state index contributed by atoms with van der Waals surface area (Å²) in [6.07, 6.45) is 1.74. The molecule has 3 N–H and O–H groups in total. The van der Waals surface area contributed by atoms with E-state index in [0.29, 0.717) is 13.2 Å². The summed E-state index contributed by atoms with van der Waals surface area (Å²) in [6.45, 7) is 7.60. The second-order valence-electron chi connectivity index (χ2n) is 5.99. The van der Waals surface area contributed by atoms with Crippen LogP contribution in [0, 0.1) is 19.8 Å². The molecule has 0 aromatic heterocycles. The van der Waals surface area contributed by atoms with Gasteiger partial charge in [0.2, 0.25) is 5.91 Å². The molecule has 22 heavy (non-hydrogen) atoms. The molecule has 0 bridgehead atoms. The minimum Gasteiger partial charge on any atom is -0.381 e. The van der Waals surface area contributed by atoms with Crippen molar-refractivity contribution in [2.75, 3.05) is 13.2 Å². The molecule has 0 spiro atoms. The second-order valence-corrected chi connectivity index (χ2v) is 5.99. The molecule has 1 aliphatic rings. The molecule has 124 valence electrons. The number of rotatable bonds is 4. The van der Waals surface area contributed by atoms with E-state index in [2.05, 4.69) is 31.3 Å². The van der Waals surface area contributed by atoms with Gasteiger partial charge >= 0.3 is 0 Å². The van der Waals surface area contributed by atoms with Gasteiger partial charge in [-0.1, -0.05) is 18.2 Å². The number of nitrogens with two attached hydrogens (primary N) is 1. The lowest BCUT2D eigenvalue weighted by Crippen LogP contribution is -2.47. The lowest BCUT2D eigenvalue weighted by atomic mass is 9.91. The Kier molecular flexibility index (Phi) is 7.33. The van der Waals surface area contributed by atoms with Gasteiger partial charge in [-0.25, -0.2) is 0 Å². The van der Waals surface area contributed by atoms with E-state index in [1.165, 1.54) is 11.1 Å². The topological polar surface area (TPSA) is 64.4 Å². The third-order valence-corrected chi connectivity index (χ3v) is 4.55. The number of carbonyl (C=O) groups is 1. The van der Waals surface area contributed by atoms with Gasteiger partial charge in [0.1, 0.15) is 0 Å². The first-order valence-corrected chi connectivity index (χ1v) is 7.70. The summed E-state index contributed by atoms with van der Waals surface area (Å²) in [5.41, 5.74) is 9.74. The van der Waals surface area contributed by atoms with Crippen LogP contribution in [0.3, 0.4) is 0 Å². The lowest BCUT2D eigenvalue weighted by molar-refractivity contribution is -0.125. The third-order valence-electron chi connectivity index (χ3n) is 4.55. The maximum absolute atomic E-state index is 12.3. The van der Waals surface area contributed by atoms with Gasteiger partial charge in [-0.2, -0.15) is 0 Å². The maximum Gasteiger partial charge on any atom is 0.237 e. The lowest BCUT2D eigenvalue weighted by Gasteiger charge is -2.28. The van der Waals surface area contributed by atoms with Crippen LogP contribution < -0.4 is 11.1 Å². The fraction of sp³-hybridized carbons (Fsp3) is 0.588. The summed E-state index contributed by atoms with van der Waals surface area (Å²) in [5, 5.41) is 3.06. The van der Waals surface area contributed by atoms with Crippen LogP contribution in [0.1, 0.15) is 42.5 Å². The number of halogens is 1. The van der Waals surface area contributed by atoms with Gasteiger partial charge in [0.15, 0.2) is 0 Å². The smallest absolute Gasteiger partial charge is 0.237 e. The molecule has 1 amide bonds. The first kappa shape index (κ1) is 18.9. The van der Waals surface area contributed by atoms with Crippen LogP contribution in [-0.4, -0.2) is 25.2 Å². The summed E-state index contributed by atoms with van der Waals surface area (Å²) in [7, 11) is 0. The molecule has 0 aliphatic carbocycles. The molecule has 1 saturated heterocycles. The molecule has 0 radical (unpaired) electrons. The fourth-order valence-corrected chi connectivity index (χ4v) is 2.92. The number of carbonyl (C=O) groups excluding carboxylic acids is 1. The van der Waals surface area contributed by atoms with Crippen molar-refractivity contribution in [2.45, 2.75) is 45.7 Å². The Bertz CT molecular complexity index is 501. The van der Waals surface area contributed by atoms with Crippen LogP contribution in [0.4, 0.5) is 0 Å². The van der Waals surface area contributed by atoms with Gasteiger partial charge in [-0.3, -0.25) is 4.79 Å². The average molecular weight is 327 g/mol. The Balaban J connectivity index is 0.00000242. The minimum atomic E-state index is -0.443. The quantitative estimate of drug-likeness (QED) is 0.894. The van der Waals surface area contributed by atoms with Crippen LogP contribution in [0.5, 0.6) is 0 Å². The van der Waals surface area contributed by atoms with Crippen molar-refractivity contribution in [2.24, 2.45) is 11.7 Å². The Morgan fingerprint density at radius 3 is 2.59 bits per heavy atom. The normalized spacial score (nSPS) is 18.2. The van der Waals surface area contributed by atoms with E-state index >= 15 is 0 Å². The molecule has 2 unspecified atom stereocenters. The summed E-state index contributed by atoms with van der Waals surface area (Å²) < 4.78 is 5.32. The van der Waals surface area contributed by atoms with Crippen molar-refractivity contribution in [1.29, 1.82) is 0 Å². The van der Waals surface area contributed by atoms with Gasteiger partial charge in [-0.15, -0.1) is 12.4 Å². The number of ether oxygens (including phenoxy) is 1. The summed E-state index contributed by atoms with van der Waals surface area (Å²) in [5.74, 6) is 0.167. The van der Waals surface area contributed by atoms with Gasteiger partial charge < -0.3 is 15.8 Å². The van der Waals surface area contributed by atoms with Crippen LogP contribution >= 0.6 is 12.4 Å². The highest BCUT2D eigenvalue weighted by Crippen LogP contribution is 2.22. The van der Waals surface area contributed by atoms with Crippen LogP contribution in [0.25, 0.3) is 0 Å². The first-order valence-electron chi connectivity index (χ1n) is 7.70. The minimum absolute atomic E-state index is 0. The largest absolute Gasteiger partial charge is 0.381 e. The number of hydrogen-bond donors (Lipinski definition) is 2. The molecule has 5 heteroatoms. The highest BCUT2D eigenvalue weighted by molar-refractivity contribution is 5.85. The van der Waals surface area contributed by atoms with Gasteiger partial charge in [0.05, 0.1) is 12.1 Å². The van der Waals surface area contributed by atoms with E-state index in [0.717, 1.165) is 18.4 Å². The number of benzene rings is 1. The van der Waals surface area contributed by atoms with Crippen LogP contribution in [-0.2, 0) is 9.53 Å². The van der Waals surface area contributed by atoms with Crippen molar-refractivity contribution < 1.29 is 9.53 Å². The third kappa shape index (κ3) is 4.45. The predicted octanol–water partition coefficient (Wildman–Crippen LogP) is 2.66. The van der Waals surface area contributed by atoms with Crippen LogP contribution in [0.15, 0.2) is 18.2 Å². The highest BCUT2D eigenvalue weighted by atomic mass is 35.5. The van der Waals surface area contributed by atoms with Gasteiger partial charge in [-0.05, 0) is 56.2 Å². The molecule has 4 nitrogen and oxygen atoms in total. The molecule has 1 aromatic rings. The van der Waals surface area contributed by atoms with E-state index in [1.54, 1.807) is 0 Å². The molecule has 1 aliphatic heterocycles. The van der Waals surface area contributed by atoms with Crippen molar-refractivity contribution in [1.82, 2.24) is 5.32 Å². The maximum atomic E-state index is 12.3. The van der Waals surface area contributed by atoms with Crippen molar-refractivity contribution in [3.8, 4) is 0 Å². The zero-order chi connectivity index (χ0) is 15.4. The Morgan fingerprint density at radius 1 is 1.32 bits per heavy atom. The standard InChI is InChI=1S/C17H26N2O2.ClH/c1-11-5-4-6-15(12(11)2)13(3)19-17(20)16(18)14-7-9-21-10-8-14;/h4-6,13-14,16H,7-10,18H2,1-3H3,(H,19,20);1H. The Morgan fingerprint density at radius 2 is 1.95 bits per heavy atom. The van der Waals surface area contributed by atoms with E-state index in [4.69, 9.17) is 10.5 Å². The zero-order valence-corrected chi connectivity index (χ0v) is 14.4. The summed E-state index contributed by atoms with van der Waals surface area (Å²) >= 11 is 0. The predicted molar refractivity (Wildman–Crippen MR) is 91.2 cm³/mol. The Labute approximate surface area is 139 Å². The SMILES string of the molecule is Cc1cccc(C(C)NC(=O)C(N)C2CCOCC2)c1C.Cl. The molecule has 2 atom stereocenters. The molecular weight excluding hydrogens is 300 g/mol. The molecule has 1 heterocycles. The number of nitrogens with one attached hydrogen (secondary N) is 1. The summed E-state index contributed by atoms with van der Waals surface area (Å²) in [6, 6.07) is 5.71. The van der Waals surface area contributed by atoms with Crippen molar-refractivity contribution >= 4 is 18.3 Å². The molecular formula is C17H27ClN2O2. The van der Waals surface area contributed by atoms with E-state index < -0.39 is 6.04 Å². The number of hydrogen-bond acceptors (Lipinski definition) is 3. The highest BCUT2D eigenvalue weighted by Gasteiger charge is 2.27. The molecule has 0 saturated carbocycles. The summed E-state index contributed by atoms with van der Waals surface area (Å²) in [4.78, 5) is 12.3. The van der Waals surface area contributed by atoms with Gasteiger partial charge in [0, 0.05) is 13.2 Å².